The van der Waals surface area contributed by atoms with Gasteiger partial charge in [0, 0.05) is 13.0 Å². The molecule has 0 saturated carbocycles. The number of rotatable bonds is 1. The summed E-state index contributed by atoms with van der Waals surface area (Å²) < 4.78 is 7.28. The van der Waals surface area contributed by atoms with Crippen molar-refractivity contribution in [1.29, 1.82) is 0 Å². The van der Waals surface area contributed by atoms with Crippen molar-refractivity contribution in [2.45, 2.75) is 25.4 Å². The van der Waals surface area contributed by atoms with E-state index < -0.39 is 17.4 Å². The largest absolute Gasteiger partial charge is 0.362 e. The average molecular weight is 394 g/mol. The van der Waals surface area contributed by atoms with Crippen molar-refractivity contribution in [3.8, 4) is 0 Å². The molecule has 136 valence electrons. The summed E-state index contributed by atoms with van der Waals surface area (Å²) in [7, 11) is 1.71. The summed E-state index contributed by atoms with van der Waals surface area (Å²) >= 11 is 12.3. The van der Waals surface area contributed by atoms with Crippen LogP contribution in [0.4, 0.5) is 5.82 Å². The maximum absolute atomic E-state index is 13.2. The van der Waals surface area contributed by atoms with Gasteiger partial charge >= 0.3 is 0 Å². The number of aromatic nitrogens is 2. The van der Waals surface area contributed by atoms with E-state index in [1.807, 2.05) is 0 Å². The van der Waals surface area contributed by atoms with Crippen molar-refractivity contribution < 1.29 is 9.53 Å². The summed E-state index contributed by atoms with van der Waals surface area (Å²) in [4.78, 5) is 30.3. The standard InChI is InChI=1S/C18H17Cl2N3O3/c1-18(2)15(24)13-11(7-26-18)21-16-14(17(25)22-23(16)3)12(13)8-4-5-9(19)10(20)6-8/h4-6,12-13H,7H2,1-3H3,(H,22,25). The highest BCUT2D eigenvalue weighted by atomic mass is 35.5. The van der Waals surface area contributed by atoms with Crippen molar-refractivity contribution in [2.75, 3.05) is 6.61 Å². The first-order chi connectivity index (χ1) is 12.2. The van der Waals surface area contributed by atoms with E-state index in [9.17, 15) is 9.59 Å². The minimum absolute atomic E-state index is 0.104. The molecule has 4 rings (SSSR count). The number of aromatic amines is 1. The average Bonchev–Trinajstić information content (AvgIpc) is 2.86. The Morgan fingerprint density at radius 1 is 1.23 bits per heavy atom. The molecule has 2 aromatic rings. The molecule has 1 aromatic carbocycles. The summed E-state index contributed by atoms with van der Waals surface area (Å²) in [6.07, 6.45) is 0. The van der Waals surface area contributed by atoms with Crippen LogP contribution in [0.3, 0.4) is 0 Å². The first kappa shape index (κ1) is 17.5. The van der Waals surface area contributed by atoms with Crippen LogP contribution in [-0.2, 0) is 16.6 Å². The molecule has 0 amide bonds. The smallest absolute Gasteiger partial charge is 0.270 e. The van der Waals surface area contributed by atoms with E-state index in [0.717, 1.165) is 5.56 Å². The Morgan fingerprint density at radius 3 is 2.65 bits per heavy atom. The molecule has 0 aliphatic carbocycles. The predicted molar refractivity (Wildman–Crippen MR) is 100.0 cm³/mol. The number of hydrogen-bond acceptors (Lipinski definition) is 4. The van der Waals surface area contributed by atoms with Crippen LogP contribution >= 0.6 is 23.2 Å². The number of ketones is 1. The highest BCUT2D eigenvalue weighted by Crippen LogP contribution is 2.45. The SMILES string of the molecule is Cn1[nH]c(=O)c2c1N=C1COC(C)(C)C(=O)C1C2c1ccc(Cl)c(Cl)c1. The van der Waals surface area contributed by atoms with Crippen LogP contribution in [0.15, 0.2) is 28.0 Å². The summed E-state index contributed by atoms with van der Waals surface area (Å²) in [5.74, 6) is -0.666. The van der Waals surface area contributed by atoms with Gasteiger partial charge in [0.05, 0.1) is 33.8 Å². The molecule has 2 unspecified atom stereocenters. The Bertz CT molecular complexity index is 1020. The lowest BCUT2D eigenvalue weighted by atomic mass is 9.71. The molecule has 0 radical (unpaired) electrons. The molecule has 6 nitrogen and oxygen atoms in total. The monoisotopic (exact) mass is 393 g/mol. The number of hydrogen-bond donors (Lipinski definition) is 1. The number of nitrogens with one attached hydrogen (secondary N) is 1. The van der Waals surface area contributed by atoms with Crippen LogP contribution in [0, 0.1) is 5.92 Å². The predicted octanol–water partition coefficient (Wildman–Crippen LogP) is 3.23. The summed E-state index contributed by atoms with van der Waals surface area (Å²) in [5.41, 5.74) is 0.620. The first-order valence-corrected chi connectivity index (χ1v) is 8.96. The number of H-pyrrole nitrogens is 1. The van der Waals surface area contributed by atoms with E-state index in [-0.39, 0.29) is 17.9 Å². The number of halogens is 2. The van der Waals surface area contributed by atoms with Gasteiger partial charge in [-0.1, -0.05) is 29.3 Å². The van der Waals surface area contributed by atoms with Gasteiger partial charge in [-0.2, -0.15) is 0 Å². The zero-order valence-electron chi connectivity index (χ0n) is 14.5. The van der Waals surface area contributed by atoms with Crippen molar-refractivity contribution in [1.82, 2.24) is 9.78 Å². The fourth-order valence-corrected chi connectivity index (χ4v) is 4.02. The molecule has 0 spiro atoms. The van der Waals surface area contributed by atoms with Gasteiger partial charge in [-0.15, -0.1) is 0 Å². The molecule has 1 N–H and O–H groups in total. The molecule has 2 aliphatic heterocycles. The van der Waals surface area contributed by atoms with E-state index in [1.165, 1.54) is 0 Å². The number of benzene rings is 1. The highest BCUT2D eigenvalue weighted by molar-refractivity contribution is 6.42. The minimum Gasteiger partial charge on any atom is -0.362 e. The normalized spacial score (nSPS) is 24.0. The first-order valence-electron chi connectivity index (χ1n) is 8.20. The Kier molecular flexibility index (Phi) is 3.91. The number of nitrogens with zero attached hydrogens (tertiary/aromatic N) is 2. The summed E-state index contributed by atoms with van der Waals surface area (Å²) in [6, 6.07) is 5.19. The van der Waals surface area contributed by atoms with Crippen LogP contribution in [0.5, 0.6) is 0 Å². The van der Waals surface area contributed by atoms with Crippen molar-refractivity contribution in [3.63, 3.8) is 0 Å². The second kappa shape index (κ2) is 5.81. The molecule has 0 bridgehead atoms. The van der Waals surface area contributed by atoms with Crippen LogP contribution in [-0.4, -0.2) is 33.5 Å². The summed E-state index contributed by atoms with van der Waals surface area (Å²) in [5, 5.41) is 3.53. The highest BCUT2D eigenvalue weighted by Gasteiger charge is 2.50. The van der Waals surface area contributed by atoms with E-state index in [0.29, 0.717) is 27.1 Å². The lowest BCUT2D eigenvalue weighted by Gasteiger charge is -2.40. The fraction of sp³-hybridized carbons (Fsp3) is 0.389. The third kappa shape index (κ3) is 2.47. The lowest BCUT2D eigenvalue weighted by Crippen LogP contribution is -2.53. The second-order valence-electron chi connectivity index (χ2n) is 7.13. The van der Waals surface area contributed by atoms with Gasteiger partial charge in [0.2, 0.25) is 0 Å². The number of carbonyl (C=O) groups excluding carboxylic acids is 1. The zero-order valence-corrected chi connectivity index (χ0v) is 16.0. The Hall–Kier alpha value is -1.89. The molecule has 26 heavy (non-hydrogen) atoms. The topological polar surface area (TPSA) is 76.4 Å². The number of aliphatic imine (C=N–C) groups is 1. The molecule has 2 aliphatic rings. The number of Topliss-reactive ketones (excluding diaryl/α,β-unsaturated/α-hetero) is 1. The number of ether oxygens (including phenoxy) is 1. The molecule has 2 atom stereocenters. The van der Waals surface area contributed by atoms with Gasteiger partial charge in [-0.05, 0) is 31.5 Å². The van der Waals surface area contributed by atoms with E-state index in [1.54, 1.807) is 43.8 Å². The van der Waals surface area contributed by atoms with Crippen LogP contribution in [0.2, 0.25) is 10.0 Å². The molecule has 1 saturated heterocycles. The number of fused-ring (bicyclic) bond motifs is 2. The lowest BCUT2D eigenvalue weighted by molar-refractivity contribution is -0.144. The van der Waals surface area contributed by atoms with Crippen molar-refractivity contribution in [2.24, 2.45) is 18.0 Å². The minimum atomic E-state index is -0.947. The van der Waals surface area contributed by atoms with Crippen molar-refractivity contribution >= 4 is 40.5 Å². The third-order valence-corrected chi connectivity index (χ3v) is 5.82. The molecule has 1 fully saturated rings. The second-order valence-corrected chi connectivity index (χ2v) is 7.95. The van der Waals surface area contributed by atoms with E-state index in [4.69, 9.17) is 27.9 Å². The zero-order chi connectivity index (χ0) is 18.8. The number of aryl methyl sites for hydroxylation is 1. The quantitative estimate of drug-likeness (QED) is 0.807. The maximum Gasteiger partial charge on any atom is 0.270 e. The van der Waals surface area contributed by atoms with Gasteiger partial charge in [0.15, 0.2) is 11.6 Å². The van der Waals surface area contributed by atoms with Gasteiger partial charge in [0.1, 0.15) is 5.60 Å². The maximum atomic E-state index is 13.2. The van der Waals surface area contributed by atoms with E-state index >= 15 is 0 Å². The van der Waals surface area contributed by atoms with Gasteiger partial charge in [0.25, 0.3) is 5.56 Å². The molecule has 1 aromatic heterocycles. The van der Waals surface area contributed by atoms with Gasteiger partial charge in [-0.3, -0.25) is 19.4 Å². The van der Waals surface area contributed by atoms with Gasteiger partial charge in [-0.25, -0.2) is 4.99 Å². The van der Waals surface area contributed by atoms with Crippen LogP contribution in [0.25, 0.3) is 0 Å². The Labute approximate surface area is 159 Å². The van der Waals surface area contributed by atoms with Crippen LogP contribution < -0.4 is 5.56 Å². The van der Waals surface area contributed by atoms with Crippen molar-refractivity contribution in [3.05, 3.63) is 49.7 Å². The molecule has 3 heterocycles. The fourth-order valence-electron chi connectivity index (χ4n) is 3.72. The Balaban J connectivity index is 1.99. The number of carbonyl (C=O) groups is 1. The van der Waals surface area contributed by atoms with E-state index in [2.05, 4.69) is 10.1 Å². The molecular formula is C18H17Cl2N3O3. The summed E-state index contributed by atoms with van der Waals surface area (Å²) in [6.45, 7) is 3.71. The molecule has 8 heteroatoms. The Morgan fingerprint density at radius 2 is 1.96 bits per heavy atom. The van der Waals surface area contributed by atoms with Gasteiger partial charge < -0.3 is 4.74 Å². The molecular weight excluding hydrogens is 377 g/mol. The van der Waals surface area contributed by atoms with Crippen LogP contribution in [0.1, 0.15) is 30.9 Å². The third-order valence-electron chi connectivity index (χ3n) is 5.08.